The van der Waals surface area contributed by atoms with Crippen LogP contribution in [0.4, 0.5) is 0 Å². The van der Waals surface area contributed by atoms with E-state index in [2.05, 4.69) is 38.3 Å². The first-order chi connectivity index (χ1) is 12.3. The van der Waals surface area contributed by atoms with E-state index in [9.17, 15) is 9.59 Å². The van der Waals surface area contributed by atoms with Crippen LogP contribution >= 0.6 is 0 Å². The molecule has 0 bridgehead atoms. The van der Waals surface area contributed by atoms with Crippen LogP contribution in [0.5, 0.6) is 0 Å². The molecule has 5 nitrogen and oxygen atoms in total. The first kappa shape index (κ1) is 18.7. The average Bonchev–Trinajstić information content (AvgIpc) is 3.36. The SMILES string of the molecule is Cc1cc(/C=C/C(=O)OCC(=O)N2C[C@@H](C)C[C@H](C)C2)c(C)n1C1CC1. The minimum absolute atomic E-state index is 0.0999. The standard InChI is InChI=1S/C21H30N2O3/c1-14-9-15(2)12-22(11-14)20(24)13-26-21(25)8-5-18-10-16(3)23(17(18)4)19-6-7-19/h5,8,10,14-15,19H,6-7,9,11-13H2,1-4H3/b8-5+/t14-,15-/m0/s1. The van der Waals surface area contributed by atoms with E-state index >= 15 is 0 Å². The van der Waals surface area contributed by atoms with Gasteiger partial charge in [0.15, 0.2) is 6.61 Å². The van der Waals surface area contributed by atoms with Gasteiger partial charge in [0.1, 0.15) is 0 Å². The number of hydrogen-bond donors (Lipinski definition) is 0. The number of hydrogen-bond acceptors (Lipinski definition) is 3. The van der Waals surface area contributed by atoms with Crippen molar-refractivity contribution in [2.45, 2.75) is 53.0 Å². The van der Waals surface area contributed by atoms with Gasteiger partial charge in [0, 0.05) is 36.6 Å². The van der Waals surface area contributed by atoms with Gasteiger partial charge in [-0.3, -0.25) is 4.79 Å². The third-order valence-corrected chi connectivity index (χ3v) is 5.39. The quantitative estimate of drug-likeness (QED) is 0.598. The largest absolute Gasteiger partial charge is 0.452 e. The van der Waals surface area contributed by atoms with Crippen LogP contribution in [0.2, 0.25) is 0 Å². The molecule has 0 unspecified atom stereocenters. The average molecular weight is 358 g/mol. The summed E-state index contributed by atoms with van der Waals surface area (Å²) in [7, 11) is 0. The molecule has 5 heteroatoms. The van der Waals surface area contributed by atoms with Crippen molar-refractivity contribution in [3.05, 3.63) is 29.1 Å². The first-order valence-corrected chi connectivity index (χ1v) is 9.66. The number of carbonyl (C=O) groups excluding carboxylic acids is 2. The van der Waals surface area contributed by atoms with Gasteiger partial charge in [-0.1, -0.05) is 13.8 Å². The number of nitrogens with zero attached hydrogens (tertiary/aromatic N) is 2. The summed E-state index contributed by atoms with van der Waals surface area (Å²) >= 11 is 0. The van der Waals surface area contributed by atoms with Crippen molar-refractivity contribution in [2.75, 3.05) is 19.7 Å². The van der Waals surface area contributed by atoms with E-state index in [1.54, 1.807) is 6.08 Å². The molecule has 1 amide bonds. The smallest absolute Gasteiger partial charge is 0.331 e. The maximum atomic E-state index is 12.3. The van der Waals surface area contributed by atoms with Crippen LogP contribution in [0.3, 0.4) is 0 Å². The van der Waals surface area contributed by atoms with Crippen LogP contribution in [-0.4, -0.2) is 41.0 Å². The lowest BCUT2D eigenvalue weighted by Crippen LogP contribution is -2.44. The summed E-state index contributed by atoms with van der Waals surface area (Å²) in [5, 5.41) is 0. The number of aryl methyl sites for hydroxylation is 1. The number of likely N-dealkylation sites (tertiary alicyclic amines) is 1. The maximum absolute atomic E-state index is 12.3. The fraction of sp³-hybridized carbons (Fsp3) is 0.619. The van der Waals surface area contributed by atoms with Crippen molar-refractivity contribution in [3.63, 3.8) is 0 Å². The molecule has 1 aromatic heterocycles. The van der Waals surface area contributed by atoms with Gasteiger partial charge in [-0.05, 0) is 62.7 Å². The molecule has 1 saturated heterocycles. The van der Waals surface area contributed by atoms with Gasteiger partial charge in [0.25, 0.3) is 5.91 Å². The fourth-order valence-electron chi connectivity index (χ4n) is 4.16. The molecule has 3 rings (SSSR count). The second kappa shape index (κ2) is 7.68. The molecule has 1 aromatic rings. The molecule has 0 aromatic carbocycles. The number of rotatable bonds is 5. The normalized spacial score (nSPS) is 23.5. The number of esters is 1. The lowest BCUT2D eigenvalue weighted by Gasteiger charge is -2.34. The van der Waals surface area contributed by atoms with Crippen LogP contribution in [0.1, 0.15) is 56.1 Å². The molecule has 2 aliphatic rings. The van der Waals surface area contributed by atoms with E-state index in [0.29, 0.717) is 17.9 Å². The Bertz CT molecular complexity index is 705. The zero-order chi connectivity index (χ0) is 18.8. The third-order valence-electron chi connectivity index (χ3n) is 5.39. The predicted molar refractivity (Wildman–Crippen MR) is 102 cm³/mol. The van der Waals surface area contributed by atoms with Crippen molar-refractivity contribution < 1.29 is 14.3 Å². The second-order valence-electron chi connectivity index (χ2n) is 8.11. The van der Waals surface area contributed by atoms with E-state index in [4.69, 9.17) is 4.74 Å². The molecule has 142 valence electrons. The van der Waals surface area contributed by atoms with Crippen molar-refractivity contribution in [3.8, 4) is 0 Å². The Morgan fingerprint density at radius 1 is 1.19 bits per heavy atom. The van der Waals surface area contributed by atoms with Crippen molar-refractivity contribution in [2.24, 2.45) is 11.8 Å². The van der Waals surface area contributed by atoms with Crippen molar-refractivity contribution in [1.29, 1.82) is 0 Å². The molecule has 0 spiro atoms. The van der Waals surface area contributed by atoms with E-state index in [1.165, 1.54) is 30.3 Å². The van der Waals surface area contributed by atoms with Gasteiger partial charge in [-0.15, -0.1) is 0 Å². The van der Waals surface area contributed by atoms with Gasteiger partial charge in [0.2, 0.25) is 0 Å². The highest BCUT2D eigenvalue weighted by Crippen LogP contribution is 2.38. The molecule has 1 aliphatic heterocycles. The van der Waals surface area contributed by atoms with Crippen molar-refractivity contribution >= 4 is 18.0 Å². The number of aromatic nitrogens is 1. The van der Waals surface area contributed by atoms with Crippen LogP contribution < -0.4 is 0 Å². The lowest BCUT2D eigenvalue weighted by atomic mass is 9.92. The number of ether oxygens (including phenoxy) is 1. The summed E-state index contributed by atoms with van der Waals surface area (Å²) in [6.07, 6.45) is 6.83. The highest BCUT2D eigenvalue weighted by molar-refractivity contribution is 5.89. The Morgan fingerprint density at radius 2 is 1.85 bits per heavy atom. The summed E-state index contributed by atoms with van der Waals surface area (Å²) in [5.74, 6) is 0.435. The molecule has 1 saturated carbocycles. The summed E-state index contributed by atoms with van der Waals surface area (Å²) in [5.41, 5.74) is 3.44. The molecule has 0 radical (unpaired) electrons. The van der Waals surface area contributed by atoms with Crippen LogP contribution in [0, 0.1) is 25.7 Å². The third kappa shape index (κ3) is 4.37. The molecule has 2 fully saturated rings. The van der Waals surface area contributed by atoms with Gasteiger partial charge < -0.3 is 14.2 Å². The monoisotopic (exact) mass is 358 g/mol. The predicted octanol–water partition coefficient (Wildman–Crippen LogP) is 3.50. The van der Waals surface area contributed by atoms with Gasteiger partial charge in [0.05, 0.1) is 0 Å². The van der Waals surface area contributed by atoms with Gasteiger partial charge in [-0.25, -0.2) is 4.79 Å². The topological polar surface area (TPSA) is 51.5 Å². The van der Waals surface area contributed by atoms with E-state index in [-0.39, 0.29) is 12.5 Å². The van der Waals surface area contributed by atoms with E-state index < -0.39 is 5.97 Å². The number of carbonyl (C=O) groups is 2. The molecule has 1 aliphatic carbocycles. The Balaban J connectivity index is 1.52. The minimum Gasteiger partial charge on any atom is -0.452 e. The molecule has 0 N–H and O–H groups in total. The first-order valence-electron chi connectivity index (χ1n) is 9.66. The number of amides is 1. The molecular weight excluding hydrogens is 328 g/mol. The molecule has 2 atom stereocenters. The highest BCUT2D eigenvalue weighted by Gasteiger charge is 2.27. The lowest BCUT2D eigenvalue weighted by molar-refractivity contribution is -0.149. The van der Waals surface area contributed by atoms with Crippen LogP contribution in [-0.2, 0) is 14.3 Å². The second-order valence-corrected chi connectivity index (χ2v) is 8.11. The van der Waals surface area contributed by atoms with Crippen LogP contribution in [0.15, 0.2) is 12.1 Å². The van der Waals surface area contributed by atoms with E-state index in [1.807, 2.05) is 4.90 Å². The molecule has 26 heavy (non-hydrogen) atoms. The Hall–Kier alpha value is -2.04. The molecular formula is C21H30N2O3. The summed E-state index contributed by atoms with van der Waals surface area (Å²) < 4.78 is 7.50. The number of piperidine rings is 1. The van der Waals surface area contributed by atoms with E-state index in [0.717, 1.165) is 25.1 Å². The Kier molecular flexibility index (Phi) is 5.54. The zero-order valence-corrected chi connectivity index (χ0v) is 16.3. The van der Waals surface area contributed by atoms with Gasteiger partial charge >= 0.3 is 5.97 Å². The van der Waals surface area contributed by atoms with Crippen molar-refractivity contribution in [1.82, 2.24) is 9.47 Å². The maximum Gasteiger partial charge on any atom is 0.331 e. The fourth-order valence-corrected chi connectivity index (χ4v) is 4.16. The van der Waals surface area contributed by atoms with Gasteiger partial charge in [-0.2, -0.15) is 0 Å². The summed E-state index contributed by atoms with van der Waals surface area (Å²) in [6, 6.07) is 2.72. The van der Waals surface area contributed by atoms with Crippen LogP contribution in [0.25, 0.3) is 6.08 Å². The Morgan fingerprint density at radius 3 is 2.46 bits per heavy atom. The zero-order valence-electron chi connectivity index (χ0n) is 16.3. The molecule has 2 heterocycles. The highest BCUT2D eigenvalue weighted by atomic mass is 16.5. The summed E-state index contributed by atoms with van der Waals surface area (Å²) in [4.78, 5) is 26.1. The summed E-state index contributed by atoms with van der Waals surface area (Å²) in [6.45, 7) is 9.82. The Labute approximate surface area is 156 Å². The minimum atomic E-state index is -0.465.